The Morgan fingerprint density at radius 2 is 2.11 bits per heavy atom. The molecular formula is C16H19IN2. The van der Waals surface area contributed by atoms with Crippen molar-refractivity contribution in [2.45, 2.75) is 32.1 Å². The summed E-state index contributed by atoms with van der Waals surface area (Å²) in [5.74, 6) is 0.672. The van der Waals surface area contributed by atoms with E-state index < -0.39 is 0 Å². The second-order valence-corrected chi connectivity index (χ2v) is 6.62. The number of benzene rings is 1. The van der Waals surface area contributed by atoms with Gasteiger partial charge in [0, 0.05) is 14.7 Å². The maximum atomic E-state index is 4.82. The molecule has 1 aliphatic heterocycles. The van der Waals surface area contributed by atoms with E-state index in [0.717, 1.165) is 18.6 Å². The summed E-state index contributed by atoms with van der Waals surface area (Å²) in [6.45, 7) is 4.45. The molecule has 3 rings (SSSR count). The third kappa shape index (κ3) is 2.92. The number of rotatable bonds is 1. The molecule has 1 aromatic heterocycles. The Kier molecular flexibility index (Phi) is 4.03. The number of aromatic nitrogens is 1. The Morgan fingerprint density at radius 1 is 1.21 bits per heavy atom. The van der Waals surface area contributed by atoms with Crippen LogP contribution >= 0.6 is 22.6 Å². The summed E-state index contributed by atoms with van der Waals surface area (Å²) in [4.78, 5) is 4.82. The molecule has 0 radical (unpaired) electrons. The van der Waals surface area contributed by atoms with E-state index in [2.05, 4.69) is 59.1 Å². The number of hydrogen-bond donors (Lipinski definition) is 1. The summed E-state index contributed by atoms with van der Waals surface area (Å²) in [5.41, 5.74) is 3.79. The largest absolute Gasteiger partial charge is 0.317 e. The summed E-state index contributed by atoms with van der Waals surface area (Å²) < 4.78 is 1.25. The van der Waals surface area contributed by atoms with Crippen molar-refractivity contribution in [3.8, 4) is 0 Å². The van der Waals surface area contributed by atoms with Gasteiger partial charge in [0.05, 0.1) is 5.52 Å². The number of nitrogens with one attached hydrogen (secondary N) is 1. The minimum absolute atomic E-state index is 0.672. The van der Waals surface area contributed by atoms with E-state index in [1.807, 2.05) is 0 Å². The summed E-state index contributed by atoms with van der Waals surface area (Å²) in [6, 6.07) is 8.89. The van der Waals surface area contributed by atoms with E-state index in [1.165, 1.54) is 39.5 Å². The quantitative estimate of drug-likeness (QED) is 0.772. The highest BCUT2D eigenvalue weighted by Gasteiger charge is 2.17. The topological polar surface area (TPSA) is 24.9 Å². The van der Waals surface area contributed by atoms with Crippen molar-refractivity contribution in [3.05, 3.63) is 39.1 Å². The van der Waals surface area contributed by atoms with Crippen LogP contribution in [0.15, 0.2) is 24.3 Å². The smallest absolute Gasteiger partial charge is 0.0715 e. The predicted octanol–water partition coefficient (Wildman–Crippen LogP) is 4.00. The van der Waals surface area contributed by atoms with Gasteiger partial charge in [-0.25, -0.2) is 0 Å². The highest BCUT2D eigenvalue weighted by atomic mass is 127. The molecule has 0 amide bonds. The molecule has 2 aromatic rings. The average molecular weight is 366 g/mol. The van der Waals surface area contributed by atoms with Gasteiger partial charge in [-0.3, -0.25) is 4.98 Å². The number of fused-ring (bicyclic) bond motifs is 1. The summed E-state index contributed by atoms with van der Waals surface area (Å²) >= 11 is 2.35. The normalized spacial score (nSPS) is 20.4. The molecule has 2 heterocycles. The lowest BCUT2D eigenvalue weighted by Gasteiger charge is -2.17. The van der Waals surface area contributed by atoms with Gasteiger partial charge in [-0.2, -0.15) is 0 Å². The minimum atomic E-state index is 0.672. The Hall–Kier alpha value is -0.680. The van der Waals surface area contributed by atoms with Crippen LogP contribution in [0, 0.1) is 10.5 Å². The highest BCUT2D eigenvalue weighted by Crippen LogP contribution is 2.30. The van der Waals surface area contributed by atoms with Crippen molar-refractivity contribution < 1.29 is 0 Å². The van der Waals surface area contributed by atoms with Crippen LogP contribution in [-0.2, 0) is 0 Å². The number of hydrogen-bond acceptors (Lipinski definition) is 2. The lowest BCUT2D eigenvalue weighted by atomic mass is 9.90. The van der Waals surface area contributed by atoms with E-state index in [0.29, 0.717) is 5.92 Å². The van der Waals surface area contributed by atoms with Crippen molar-refractivity contribution >= 4 is 33.5 Å². The maximum Gasteiger partial charge on any atom is 0.0715 e. The van der Waals surface area contributed by atoms with E-state index in [1.54, 1.807) is 0 Å². The van der Waals surface area contributed by atoms with E-state index in [9.17, 15) is 0 Å². The number of halogens is 1. The van der Waals surface area contributed by atoms with Crippen LogP contribution in [0.25, 0.3) is 10.9 Å². The van der Waals surface area contributed by atoms with Gasteiger partial charge < -0.3 is 5.32 Å². The second kappa shape index (κ2) is 5.75. The molecule has 1 unspecified atom stereocenters. The molecule has 1 atom stereocenters. The molecule has 1 saturated heterocycles. The molecule has 0 bridgehead atoms. The zero-order valence-electron chi connectivity index (χ0n) is 11.2. The van der Waals surface area contributed by atoms with Gasteiger partial charge >= 0.3 is 0 Å². The van der Waals surface area contributed by atoms with Crippen LogP contribution in [0.2, 0.25) is 0 Å². The molecule has 0 aliphatic carbocycles. The Morgan fingerprint density at radius 3 is 3.00 bits per heavy atom. The van der Waals surface area contributed by atoms with Crippen molar-refractivity contribution in [3.63, 3.8) is 0 Å². The fourth-order valence-corrected chi connectivity index (χ4v) is 3.47. The predicted molar refractivity (Wildman–Crippen MR) is 88.7 cm³/mol. The van der Waals surface area contributed by atoms with Gasteiger partial charge in [-0.1, -0.05) is 6.07 Å². The van der Waals surface area contributed by atoms with E-state index in [4.69, 9.17) is 4.98 Å². The van der Waals surface area contributed by atoms with Crippen LogP contribution < -0.4 is 5.32 Å². The summed E-state index contributed by atoms with van der Waals surface area (Å²) in [5, 5.41) is 4.77. The standard InChI is InChI=1S/C16H19IN2/c1-11-15(12-3-2-7-18-8-6-12)9-13-4-5-14(17)10-16(13)19-11/h4-5,9-10,12,18H,2-3,6-8H2,1H3. The minimum Gasteiger partial charge on any atom is -0.317 e. The van der Waals surface area contributed by atoms with E-state index >= 15 is 0 Å². The molecule has 2 nitrogen and oxygen atoms in total. The summed E-state index contributed by atoms with van der Waals surface area (Å²) in [7, 11) is 0. The van der Waals surface area contributed by atoms with Crippen molar-refractivity contribution in [2.24, 2.45) is 0 Å². The van der Waals surface area contributed by atoms with Crippen LogP contribution in [0.3, 0.4) is 0 Å². The van der Waals surface area contributed by atoms with Gasteiger partial charge in [-0.15, -0.1) is 0 Å². The molecule has 0 spiro atoms. The zero-order valence-corrected chi connectivity index (χ0v) is 13.4. The third-order valence-corrected chi connectivity index (χ3v) is 4.70. The monoisotopic (exact) mass is 366 g/mol. The van der Waals surface area contributed by atoms with Gasteiger partial charge in [-0.05, 0) is 91.5 Å². The fourth-order valence-electron chi connectivity index (χ4n) is 3.00. The van der Waals surface area contributed by atoms with Crippen LogP contribution in [0.4, 0.5) is 0 Å². The first kappa shape index (κ1) is 13.3. The zero-order chi connectivity index (χ0) is 13.2. The van der Waals surface area contributed by atoms with E-state index in [-0.39, 0.29) is 0 Å². The molecule has 100 valence electrons. The first-order valence-electron chi connectivity index (χ1n) is 7.01. The average Bonchev–Trinajstić information content (AvgIpc) is 2.66. The molecule has 3 heteroatoms. The lowest BCUT2D eigenvalue weighted by Crippen LogP contribution is -2.14. The Bertz CT molecular complexity index is 587. The highest BCUT2D eigenvalue weighted by molar-refractivity contribution is 14.1. The van der Waals surface area contributed by atoms with Crippen LogP contribution in [0.5, 0.6) is 0 Å². The number of nitrogens with zero attached hydrogens (tertiary/aromatic N) is 1. The third-order valence-electron chi connectivity index (χ3n) is 4.02. The van der Waals surface area contributed by atoms with Crippen molar-refractivity contribution in [1.82, 2.24) is 10.3 Å². The van der Waals surface area contributed by atoms with Crippen LogP contribution in [-0.4, -0.2) is 18.1 Å². The first-order chi connectivity index (χ1) is 9.24. The second-order valence-electron chi connectivity index (χ2n) is 5.38. The van der Waals surface area contributed by atoms with Crippen molar-refractivity contribution in [2.75, 3.05) is 13.1 Å². The van der Waals surface area contributed by atoms with Gasteiger partial charge in [0.2, 0.25) is 0 Å². The fraction of sp³-hybridized carbons (Fsp3) is 0.438. The molecule has 1 N–H and O–H groups in total. The molecule has 0 saturated carbocycles. The molecular weight excluding hydrogens is 347 g/mol. The van der Waals surface area contributed by atoms with Crippen molar-refractivity contribution in [1.29, 1.82) is 0 Å². The Balaban J connectivity index is 2.02. The lowest BCUT2D eigenvalue weighted by molar-refractivity contribution is 0.604. The SMILES string of the molecule is Cc1nc2cc(I)ccc2cc1C1CCCNCC1. The summed E-state index contributed by atoms with van der Waals surface area (Å²) in [6.07, 6.45) is 3.79. The molecule has 19 heavy (non-hydrogen) atoms. The van der Waals surface area contributed by atoms with Gasteiger partial charge in [0.1, 0.15) is 0 Å². The maximum absolute atomic E-state index is 4.82. The van der Waals surface area contributed by atoms with Gasteiger partial charge in [0.25, 0.3) is 0 Å². The molecule has 1 fully saturated rings. The molecule has 1 aromatic carbocycles. The number of aryl methyl sites for hydroxylation is 1. The first-order valence-corrected chi connectivity index (χ1v) is 8.09. The Labute approximate surface area is 128 Å². The van der Waals surface area contributed by atoms with Crippen LogP contribution in [0.1, 0.15) is 36.4 Å². The van der Waals surface area contributed by atoms with Gasteiger partial charge in [0.15, 0.2) is 0 Å². The molecule has 1 aliphatic rings. The number of pyridine rings is 1.